The van der Waals surface area contributed by atoms with Gasteiger partial charge >= 0.3 is 6.18 Å². The van der Waals surface area contributed by atoms with Crippen molar-refractivity contribution in [2.45, 2.75) is 19.6 Å². The SMILES string of the molecule is C=Cn1cc(CNc2cc(C(F)(F)F)ccc2C)cn1. The van der Waals surface area contributed by atoms with Crippen LogP contribution in [0.4, 0.5) is 18.9 Å². The van der Waals surface area contributed by atoms with Crippen LogP contribution in [0.2, 0.25) is 0 Å². The second-order valence-electron chi connectivity index (χ2n) is 4.39. The summed E-state index contributed by atoms with van der Waals surface area (Å²) in [5.74, 6) is 0. The van der Waals surface area contributed by atoms with Crippen LogP contribution in [0.5, 0.6) is 0 Å². The summed E-state index contributed by atoms with van der Waals surface area (Å²) < 4.78 is 39.5. The molecular formula is C14H14F3N3. The Morgan fingerprint density at radius 1 is 1.40 bits per heavy atom. The first-order valence-electron chi connectivity index (χ1n) is 5.97. The molecule has 2 aromatic rings. The molecule has 0 amide bonds. The topological polar surface area (TPSA) is 29.9 Å². The van der Waals surface area contributed by atoms with Crippen molar-refractivity contribution in [1.29, 1.82) is 0 Å². The van der Waals surface area contributed by atoms with Gasteiger partial charge in [-0.3, -0.25) is 0 Å². The molecule has 0 unspecified atom stereocenters. The number of aryl methyl sites for hydroxylation is 1. The summed E-state index contributed by atoms with van der Waals surface area (Å²) in [6.07, 6.45) is 0.595. The molecule has 1 N–H and O–H groups in total. The number of rotatable bonds is 4. The largest absolute Gasteiger partial charge is 0.416 e. The third-order valence-corrected chi connectivity index (χ3v) is 2.89. The maximum absolute atomic E-state index is 12.7. The summed E-state index contributed by atoms with van der Waals surface area (Å²) in [5.41, 5.74) is 1.43. The van der Waals surface area contributed by atoms with Crippen molar-refractivity contribution in [2.24, 2.45) is 0 Å². The number of nitrogens with zero attached hydrogens (tertiary/aromatic N) is 2. The fourth-order valence-corrected chi connectivity index (χ4v) is 1.75. The Morgan fingerprint density at radius 2 is 2.15 bits per heavy atom. The normalized spacial score (nSPS) is 11.4. The number of aromatic nitrogens is 2. The number of anilines is 1. The highest BCUT2D eigenvalue weighted by Crippen LogP contribution is 2.32. The Kier molecular flexibility index (Phi) is 3.83. The van der Waals surface area contributed by atoms with Crippen molar-refractivity contribution in [2.75, 3.05) is 5.32 Å². The summed E-state index contributed by atoms with van der Waals surface area (Å²) >= 11 is 0. The van der Waals surface area contributed by atoms with E-state index in [9.17, 15) is 13.2 Å². The van der Waals surface area contributed by atoms with Crippen LogP contribution in [0, 0.1) is 6.92 Å². The van der Waals surface area contributed by atoms with Gasteiger partial charge in [-0.25, -0.2) is 4.68 Å². The lowest BCUT2D eigenvalue weighted by molar-refractivity contribution is -0.137. The van der Waals surface area contributed by atoms with E-state index in [1.807, 2.05) is 0 Å². The molecule has 6 heteroatoms. The maximum atomic E-state index is 12.7. The number of hydrogen-bond acceptors (Lipinski definition) is 2. The monoisotopic (exact) mass is 281 g/mol. The van der Waals surface area contributed by atoms with Gasteiger partial charge in [0.2, 0.25) is 0 Å². The van der Waals surface area contributed by atoms with Crippen molar-refractivity contribution in [3.8, 4) is 0 Å². The second kappa shape index (κ2) is 5.40. The van der Waals surface area contributed by atoms with Crippen LogP contribution in [0.3, 0.4) is 0 Å². The Morgan fingerprint density at radius 3 is 2.75 bits per heavy atom. The summed E-state index contributed by atoms with van der Waals surface area (Å²) in [5, 5.41) is 7.00. The molecule has 2 rings (SSSR count). The molecule has 106 valence electrons. The molecule has 1 aromatic carbocycles. The van der Waals surface area contributed by atoms with E-state index in [2.05, 4.69) is 17.0 Å². The van der Waals surface area contributed by atoms with Crippen LogP contribution >= 0.6 is 0 Å². The molecule has 0 aliphatic carbocycles. The van der Waals surface area contributed by atoms with Gasteiger partial charge in [0.25, 0.3) is 0 Å². The number of hydrogen-bond donors (Lipinski definition) is 1. The maximum Gasteiger partial charge on any atom is 0.416 e. The molecule has 20 heavy (non-hydrogen) atoms. The first-order valence-corrected chi connectivity index (χ1v) is 5.97. The van der Waals surface area contributed by atoms with Gasteiger partial charge in [0.05, 0.1) is 11.8 Å². The van der Waals surface area contributed by atoms with Gasteiger partial charge in [-0.05, 0) is 24.6 Å². The zero-order chi connectivity index (χ0) is 14.8. The molecule has 0 saturated carbocycles. The fourth-order valence-electron chi connectivity index (χ4n) is 1.75. The van der Waals surface area contributed by atoms with Gasteiger partial charge in [0.1, 0.15) is 0 Å². The van der Waals surface area contributed by atoms with Crippen molar-refractivity contribution in [3.63, 3.8) is 0 Å². The third-order valence-electron chi connectivity index (χ3n) is 2.89. The predicted molar refractivity (Wildman–Crippen MR) is 72.1 cm³/mol. The van der Waals surface area contributed by atoms with E-state index in [-0.39, 0.29) is 0 Å². The van der Waals surface area contributed by atoms with E-state index in [1.165, 1.54) is 10.7 Å². The quantitative estimate of drug-likeness (QED) is 0.920. The van der Waals surface area contributed by atoms with Crippen LogP contribution in [-0.4, -0.2) is 9.78 Å². The second-order valence-corrected chi connectivity index (χ2v) is 4.39. The summed E-state index contributed by atoms with van der Waals surface area (Å²) in [7, 11) is 0. The smallest absolute Gasteiger partial charge is 0.381 e. The van der Waals surface area contributed by atoms with Gasteiger partial charge in [-0.1, -0.05) is 12.6 Å². The van der Waals surface area contributed by atoms with Crippen LogP contribution in [0.1, 0.15) is 16.7 Å². The van der Waals surface area contributed by atoms with Gasteiger partial charge in [-0.2, -0.15) is 18.3 Å². The van der Waals surface area contributed by atoms with Gasteiger partial charge in [-0.15, -0.1) is 0 Å². The van der Waals surface area contributed by atoms with Crippen LogP contribution in [0.25, 0.3) is 6.20 Å². The number of alkyl halides is 3. The predicted octanol–water partition coefficient (Wildman–Crippen LogP) is 3.92. The molecule has 0 atom stereocenters. The number of halogens is 3. The molecule has 0 aliphatic rings. The fraction of sp³-hybridized carbons (Fsp3) is 0.214. The van der Waals surface area contributed by atoms with Gasteiger partial charge in [0.15, 0.2) is 0 Å². The number of nitrogens with one attached hydrogen (secondary N) is 1. The highest BCUT2D eigenvalue weighted by atomic mass is 19.4. The molecule has 0 bridgehead atoms. The van der Waals surface area contributed by atoms with Crippen molar-refractivity contribution in [1.82, 2.24) is 9.78 Å². The van der Waals surface area contributed by atoms with Crippen molar-refractivity contribution < 1.29 is 13.2 Å². The standard InChI is InChI=1S/C14H14F3N3/c1-3-20-9-11(8-19-20)7-18-13-6-12(14(15,16)17)5-4-10(13)2/h3-6,8-9,18H,1,7H2,2H3. The molecule has 1 aromatic heterocycles. The zero-order valence-electron chi connectivity index (χ0n) is 10.9. The highest BCUT2D eigenvalue weighted by molar-refractivity contribution is 5.53. The lowest BCUT2D eigenvalue weighted by Crippen LogP contribution is -2.07. The van der Waals surface area contributed by atoms with Crippen molar-refractivity contribution in [3.05, 3.63) is 53.9 Å². The molecule has 0 saturated heterocycles. The lowest BCUT2D eigenvalue weighted by atomic mass is 10.1. The molecule has 0 radical (unpaired) electrons. The van der Waals surface area contributed by atoms with Gasteiger partial charge in [0, 0.05) is 30.2 Å². The van der Waals surface area contributed by atoms with E-state index in [0.29, 0.717) is 12.2 Å². The molecular weight excluding hydrogens is 267 g/mol. The Bertz CT molecular complexity index is 614. The van der Waals surface area contributed by atoms with Gasteiger partial charge < -0.3 is 5.32 Å². The van der Waals surface area contributed by atoms with E-state index in [0.717, 1.165) is 23.3 Å². The van der Waals surface area contributed by atoms with Crippen LogP contribution in [-0.2, 0) is 12.7 Å². The minimum Gasteiger partial charge on any atom is -0.381 e. The summed E-state index contributed by atoms with van der Waals surface area (Å²) in [6.45, 7) is 5.73. The molecule has 0 aliphatic heterocycles. The average molecular weight is 281 g/mol. The minimum absolute atomic E-state index is 0.399. The first-order chi connectivity index (χ1) is 9.40. The minimum atomic E-state index is -4.34. The van der Waals surface area contributed by atoms with Crippen molar-refractivity contribution >= 4 is 11.9 Å². The Balaban J connectivity index is 2.14. The van der Waals surface area contributed by atoms with E-state index >= 15 is 0 Å². The Hall–Kier alpha value is -2.24. The van der Waals surface area contributed by atoms with Crippen LogP contribution < -0.4 is 5.32 Å². The van der Waals surface area contributed by atoms with E-state index in [4.69, 9.17) is 0 Å². The summed E-state index contributed by atoms with van der Waals surface area (Å²) in [6, 6.07) is 3.65. The Labute approximate surface area is 114 Å². The lowest BCUT2D eigenvalue weighted by Gasteiger charge is -2.12. The summed E-state index contributed by atoms with van der Waals surface area (Å²) in [4.78, 5) is 0. The van der Waals surface area contributed by atoms with E-state index < -0.39 is 11.7 Å². The average Bonchev–Trinajstić information content (AvgIpc) is 2.84. The zero-order valence-corrected chi connectivity index (χ0v) is 10.9. The third kappa shape index (κ3) is 3.20. The molecule has 0 spiro atoms. The number of benzene rings is 1. The molecule has 0 fully saturated rings. The highest BCUT2D eigenvalue weighted by Gasteiger charge is 2.30. The molecule has 1 heterocycles. The van der Waals surface area contributed by atoms with Crippen LogP contribution in [0.15, 0.2) is 37.2 Å². The molecule has 3 nitrogen and oxygen atoms in total. The first kappa shape index (κ1) is 14.2. The van der Waals surface area contributed by atoms with E-state index in [1.54, 1.807) is 25.5 Å².